The SMILES string of the molecule is C=C(C)CC(CCCC)NC. The van der Waals surface area contributed by atoms with Gasteiger partial charge in [0.2, 0.25) is 0 Å². The molecule has 1 N–H and O–H groups in total. The van der Waals surface area contributed by atoms with Crippen molar-refractivity contribution in [3.63, 3.8) is 0 Å². The van der Waals surface area contributed by atoms with Crippen LogP contribution in [0.5, 0.6) is 0 Å². The Morgan fingerprint density at radius 3 is 2.55 bits per heavy atom. The van der Waals surface area contributed by atoms with Gasteiger partial charge < -0.3 is 5.32 Å². The van der Waals surface area contributed by atoms with Crippen molar-refractivity contribution < 1.29 is 0 Å². The first kappa shape index (κ1) is 10.7. The minimum atomic E-state index is 0.646. The third kappa shape index (κ3) is 6.11. The molecule has 66 valence electrons. The molecule has 0 aliphatic rings. The van der Waals surface area contributed by atoms with E-state index >= 15 is 0 Å². The molecule has 0 fully saturated rings. The predicted molar refractivity (Wildman–Crippen MR) is 51.8 cm³/mol. The third-order valence-corrected chi connectivity index (χ3v) is 1.91. The number of hydrogen-bond acceptors (Lipinski definition) is 1. The van der Waals surface area contributed by atoms with E-state index in [0.717, 1.165) is 6.42 Å². The first-order valence-corrected chi connectivity index (χ1v) is 4.52. The summed E-state index contributed by atoms with van der Waals surface area (Å²) in [6, 6.07) is 0.646. The monoisotopic (exact) mass is 155 g/mol. The summed E-state index contributed by atoms with van der Waals surface area (Å²) in [5.74, 6) is 0. The van der Waals surface area contributed by atoms with Crippen LogP contribution in [0.1, 0.15) is 39.5 Å². The van der Waals surface area contributed by atoms with Crippen molar-refractivity contribution >= 4 is 0 Å². The van der Waals surface area contributed by atoms with Crippen molar-refractivity contribution in [1.82, 2.24) is 5.32 Å². The largest absolute Gasteiger partial charge is 0.317 e. The molecule has 0 aliphatic heterocycles. The van der Waals surface area contributed by atoms with Gasteiger partial charge in [0.05, 0.1) is 0 Å². The topological polar surface area (TPSA) is 12.0 Å². The quantitative estimate of drug-likeness (QED) is 0.582. The Kier molecular flexibility index (Phi) is 6.24. The van der Waals surface area contributed by atoms with Gasteiger partial charge >= 0.3 is 0 Å². The fourth-order valence-electron chi connectivity index (χ4n) is 1.22. The molecule has 0 bridgehead atoms. The summed E-state index contributed by atoms with van der Waals surface area (Å²) in [5.41, 5.74) is 1.28. The average Bonchev–Trinajstić information content (AvgIpc) is 1.97. The van der Waals surface area contributed by atoms with Crippen molar-refractivity contribution in [2.24, 2.45) is 0 Å². The summed E-state index contributed by atoms with van der Waals surface area (Å²) in [6.07, 6.45) is 5.00. The minimum Gasteiger partial charge on any atom is -0.317 e. The fraction of sp³-hybridized carbons (Fsp3) is 0.800. The van der Waals surface area contributed by atoms with E-state index in [9.17, 15) is 0 Å². The lowest BCUT2D eigenvalue weighted by Crippen LogP contribution is -2.24. The number of hydrogen-bond donors (Lipinski definition) is 1. The van der Waals surface area contributed by atoms with Crippen molar-refractivity contribution in [1.29, 1.82) is 0 Å². The van der Waals surface area contributed by atoms with Gasteiger partial charge in [-0.05, 0) is 26.8 Å². The molecule has 0 rings (SSSR count). The zero-order chi connectivity index (χ0) is 8.69. The Morgan fingerprint density at radius 1 is 1.55 bits per heavy atom. The Balaban J connectivity index is 3.49. The maximum atomic E-state index is 3.91. The zero-order valence-corrected chi connectivity index (χ0v) is 8.11. The van der Waals surface area contributed by atoms with Crippen LogP contribution in [-0.4, -0.2) is 13.1 Å². The predicted octanol–water partition coefficient (Wildman–Crippen LogP) is 2.73. The molecular weight excluding hydrogens is 134 g/mol. The summed E-state index contributed by atoms with van der Waals surface area (Å²) >= 11 is 0. The van der Waals surface area contributed by atoms with Crippen molar-refractivity contribution in [2.75, 3.05) is 7.05 Å². The highest BCUT2D eigenvalue weighted by molar-refractivity contribution is 4.92. The van der Waals surface area contributed by atoms with Crippen LogP contribution in [0.3, 0.4) is 0 Å². The molecular formula is C10H21N. The number of unbranched alkanes of at least 4 members (excludes halogenated alkanes) is 1. The van der Waals surface area contributed by atoms with Gasteiger partial charge in [0, 0.05) is 6.04 Å². The Bertz CT molecular complexity index is 107. The first-order chi connectivity index (χ1) is 5.20. The smallest absolute Gasteiger partial charge is 0.0101 e. The van der Waals surface area contributed by atoms with E-state index < -0.39 is 0 Å². The van der Waals surface area contributed by atoms with Crippen LogP contribution in [-0.2, 0) is 0 Å². The van der Waals surface area contributed by atoms with Crippen LogP contribution in [0.15, 0.2) is 12.2 Å². The van der Waals surface area contributed by atoms with Crippen LogP contribution in [0.25, 0.3) is 0 Å². The molecule has 1 heteroatoms. The summed E-state index contributed by atoms with van der Waals surface area (Å²) in [7, 11) is 2.03. The molecule has 11 heavy (non-hydrogen) atoms. The highest BCUT2D eigenvalue weighted by Crippen LogP contribution is 2.08. The molecule has 0 aromatic heterocycles. The summed E-state index contributed by atoms with van der Waals surface area (Å²) in [5, 5.41) is 3.31. The van der Waals surface area contributed by atoms with E-state index in [2.05, 4.69) is 25.7 Å². The normalized spacial score (nSPS) is 13.0. The van der Waals surface area contributed by atoms with E-state index in [1.54, 1.807) is 0 Å². The zero-order valence-electron chi connectivity index (χ0n) is 8.11. The van der Waals surface area contributed by atoms with Crippen LogP contribution in [0.2, 0.25) is 0 Å². The molecule has 0 aromatic rings. The van der Waals surface area contributed by atoms with Gasteiger partial charge in [-0.3, -0.25) is 0 Å². The van der Waals surface area contributed by atoms with Gasteiger partial charge in [0.25, 0.3) is 0 Å². The molecule has 0 amide bonds. The lowest BCUT2D eigenvalue weighted by atomic mass is 10.0. The lowest BCUT2D eigenvalue weighted by molar-refractivity contribution is 0.497. The standard InChI is InChI=1S/C10H21N/c1-5-6-7-10(11-4)8-9(2)3/h10-11H,2,5-8H2,1,3-4H3. The molecule has 1 nitrogen and oxygen atoms in total. The molecule has 1 unspecified atom stereocenters. The second-order valence-corrected chi connectivity index (χ2v) is 3.29. The maximum Gasteiger partial charge on any atom is 0.0101 e. The highest BCUT2D eigenvalue weighted by Gasteiger charge is 2.03. The molecule has 0 aromatic carbocycles. The second kappa shape index (κ2) is 6.41. The second-order valence-electron chi connectivity index (χ2n) is 3.29. The van der Waals surface area contributed by atoms with Crippen LogP contribution >= 0.6 is 0 Å². The minimum absolute atomic E-state index is 0.646. The van der Waals surface area contributed by atoms with Gasteiger partial charge in [0.15, 0.2) is 0 Å². The van der Waals surface area contributed by atoms with E-state index in [-0.39, 0.29) is 0 Å². The Morgan fingerprint density at radius 2 is 2.18 bits per heavy atom. The molecule has 0 radical (unpaired) electrons. The van der Waals surface area contributed by atoms with Crippen molar-refractivity contribution in [3.05, 3.63) is 12.2 Å². The summed E-state index contributed by atoms with van der Waals surface area (Å²) < 4.78 is 0. The van der Waals surface area contributed by atoms with Gasteiger partial charge in [-0.25, -0.2) is 0 Å². The Labute approximate surface area is 70.9 Å². The number of rotatable bonds is 6. The molecule has 1 atom stereocenters. The van der Waals surface area contributed by atoms with Crippen LogP contribution in [0.4, 0.5) is 0 Å². The van der Waals surface area contributed by atoms with Gasteiger partial charge in [-0.1, -0.05) is 25.3 Å². The number of nitrogens with one attached hydrogen (secondary N) is 1. The average molecular weight is 155 g/mol. The Hall–Kier alpha value is -0.300. The van der Waals surface area contributed by atoms with E-state index in [4.69, 9.17) is 0 Å². The van der Waals surface area contributed by atoms with Gasteiger partial charge in [-0.15, -0.1) is 6.58 Å². The molecule has 0 saturated heterocycles. The lowest BCUT2D eigenvalue weighted by Gasteiger charge is -2.14. The maximum absolute atomic E-state index is 3.91. The molecule has 0 heterocycles. The van der Waals surface area contributed by atoms with Crippen molar-refractivity contribution in [2.45, 2.75) is 45.6 Å². The molecule has 0 saturated carbocycles. The van der Waals surface area contributed by atoms with E-state index in [0.29, 0.717) is 6.04 Å². The third-order valence-electron chi connectivity index (χ3n) is 1.91. The van der Waals surface area contributed by atoms with Crippen molar-refractivity contribution in [3.8, 4) is 0 Å². The fourth-order valence-corrected chi connectivity index (χ4v) is 1.22. The van der Waals surface area contributed by atoms with E-state index in [1.807, 2.05) is 7.05 Å². The first-order valence-electron chi connectivity index (χ1n) is 4.52. The molecule has 0 spiro atoms. The van der Waals surface area contributed by atoms with Crippen LogP contribution in [0, 0.1) is 0 Å². The van der Waals surface area contributed by atoms with Gasteiger partial charge in [-0.2, -0.15) is 0 Å². The summed E-state index contributed by atoms with van der Waals surface area (Å²) in [4.78, 5) is 0. The van der Waals surface area contributed by atoms with Crippen LogP contribution < -0.4 is 5.32 Å². The summed E-state index contributed by atoms with van der Waals surface area (Å²) in [6.45, 7) is 8.23. The van der Waals surface area contributed by atoms with Gasteiger partial charge in [0.1, 0.15) is 0 Å². The molecule has 0 aliphatic carbocycles. The highest BCUT2D eigenvalue weighted by atomic mass is 14.9. The van der Waals surface area contributed by atoms with E-state index in [1.165, 1.54) is 24.8 Å².